The molecule has 1 aliphatic rings. The maximum Gasteiger partial charge on any atom is 0.129 e. The Balaban J connectivity index is 2.04. The molecule has 0 saturated carbocycles. The van der Waals surface area contributed by atoms with Crippen molar-refractivity contribution in [2.24, 2.45) is 0 Å². The number of hydrogen-bond acceptors (Lipinski definition) is 2. The van der Waals surface area contributed by atoms with E-state index in [1.807, 2.05) is 0 Å². The van der Waals surface area contributed by atoms with Crippen LogP contribution in [0.4, 0.5) is 0 Å². The quantitative estimate of drug-likeness (QED) is 0.652. The van der Waals surface area contributed by atoms with E-state index < -0.39 is 0 Å². The molecule has 0 aliphatic carbocycles. The molecule has 1 heterocycles. The highest BCUT2D eigenvalue weighted by atomic mass is 16.1. The summed E-state index contributed by atoms with van der Waals surface area (Å²) in [7, 11) is 0. The van der Waals surface area contributed by atoms with Gasteiger partial charge in [-0.2, -0.15) is 0 Å². The smallest absolute Gasteiger partial charge is 0.129 e. The van der Waals surface area contributed by atoms with Gasteiger partial charge in [0, 0.05) is 6.42 Å². The molecule has 0 aromatic carbocycles. The Labute approximate surface area is 94.0 Å². The Kier molecular flexibility index (Phi) is 6.66. The van der Waals surface area contributed by atoms with Crippen molar-refractivity contribution in [2.45, 2.75) is 58.3 Å². The molecule has 1 saturated heterocycles. The van der Waals surface area contributed by atoms with Gasteiger partial charge in [-0.15, -0.1) is 0 Å². The summed E-state index contributed by atoms with van der Waals surface area (Å²) in [5.74, 6) is 0.336. The van der Waals surface area contributed by atoms with Gasteiger partial charge in [0.05, 0.1) is 0 Å². The van der Waals surface area contributed by atoms with Crippen LogP contribution in [0.2, 0.25) is 0 Å². The molecule has 1 aliphatic heterocycles. The average Bonchev–Trinajstić information content (AvgIpc) is 2.14. The van der Waals surface area contributed by atoms with Gasteiger partial charge in [0.25, 0.3) is 0 Å². The highest BCUT2D eigenvalue weighted by Gasteiger charge is 2.07. The first-order chi connectivity index (χ1) is 7.29. The first kappa shape index (κ1) is 12.7. The summed E-state index contributed by atoms with van der Waals surface area (Å²) in [5.41, 5.74) is 0. The molecule has 0 N–H and O–H groups in total. The number of hydrogen-bond donors (Lipinski definition) is 0. The Morgan fingerprint density at radius 3 is 2.20 bits per heavy atom. The second-order valence-electron chi connectivity index (χ2n) is 4.77. The Hall–Kier alpha value is -0.370. The Morgan fingerprint density at radius 1 is 1.00 bits per heavy atom. The van der Waals surface area contributed by atoms with E-state index in [1.54, 1.807) is 6.92 Å². The molecular formula is C13H25NO. The Bertz CT molecular complexity index is 171. The van der Waals surface area contributed by atoms with Crippen LogP contribution in [-0.2, 0) is 4.79 Å². The predicted octanol–water partition coefficient (Wildman–Crippen LogP) is 3.01. The highest BCUT2D eigenvalue weighted by molar-refractivity contribution is 5.75. The summed E-state index contributed by atoms with van der Waals surface area (Å²) in [4.78, 5) is 13.4. The zero-order valence-corrected chi connectivity index (χ0v) is 10.1. The monoisotopic (exact) mass is 211 g/mol. The van der Waals surface area contributed by atoms with Gasteiger partial charge in [-0.1, -0.05) is 19.3 Å². The van der Waals surface area contributed by atoms with Gasteiger partial charge >= 0.3 is 0 Å². The van der Waals surface area contributed by atoms with Crippen molar-refractivity contribution >= 4 is 5.78 Å². The maximum absolute atomic E-state index is 10.8. The summed E-state index contributed by atoms with van der Waals surface area (Å²) in [6.45, 7) is 5.45. The second kappa shape index (κ2) is 7.86. The third-order valence-electron chi connectivity index (χ3n) is 3.20. The van der Waals surface area contributed by atoms with Gasteiger partial charge < -0.3 is 9.69 Å². The van der Waals surface area contributed by atoms with Crippen molar-refractivity contribution in [3.8, 4) is 0 Å². The van der Waals surface area contributed by atoms with E-state index >= 15 is 0 Å². The zero-order valence-electron chi connectivity index (χ0n) is 10.1. The SMILES string of the molecule is CC(=O)CCCCN1CCCCCCC1. The summed E-state index contributed by atoms with van der Waals surface area (Å²) < 4.78 is 0. The normalized spacial score (nSPS) is 19.5. The van der Waals surface area contributed by atoms with Crippen LogP contribution in [0.15, 0.2) is 0 Å². The van der Waals surface area contributed by atoms with Crippen LogP contribution in [-0.4, -0.2) is 30.3 Å². The fraction of sp³-hybridized carbons (Fsp3) is 0.923. The van der Waals surface area contributed by atoms with Crippen LogP contribution >= 0.6 is 0 Å². The van der Waals surface area contributed by atoms with Crippen LogP contribution in [0.25, 0.3) is 0 Å². The van der Waals surface area contributed by atoms with Crippen LogP contribution < -0.4 is 0 Å². The van der Waals surface area contributed by atoms with Crippen molar-refractivity contribution < 1.29 is 4.79 Å². The molecule has 0 amide bonds. The molecule has 0 bridgehead atoms. The number of unbranched alkanes of at least 4 members (excludes halogenated alkanes) is 1. The first-order valence-electron chi connectivity index (χ1n) is 6.51. The van der Waals surface area contributed by atoms with Crippen molar-refractivity contribution in [1.82, 2.24) is 4.90 Å². The fourth-order valence-corrected chi connectivity index (χ4v) is 2.25. The lowest BCUT2D eigenvalue weighted by molar-refractivity contribution is -0.117. The number of ketones is 1. The minimum Gasteiger partial charge on any atom is -0.303 e. The van der Waals surface area contributed by atoms with Crippen molar-refractivity contribution in [1.29, 1.82) is 0 Å². The summed E-state index contributed by atoms with van der Waals surface area (Å²) >= 11 is 0. The van der Waals surface area contributed by atoms with E-state index in [2.05, 4.69) is 4.90 Å². The molecule has 0 aromatic heterocycles. The predicted molar refractivity (Wildman–Crippen MR) is 64.1 cm³/mol. The maximum atomic E-state index is 10.8. The summed E-state index contributed by atoms with van der Waals surface area (Å²) in [6.07, 6.45) is 10.0. The van der Waals surface area contributed by atoms with E-state index in [1.165, 1.54) is 58.2 Å². The average molecular weight is 211 g/mol. The van der Waals surface area contributed by atoms with Crippen LogP contribution in [0.3, 0.4) is 0 Å². The van der Waals surface area contributed by atoms with Gasteiger partial charge in [0.1, 0.15) is 5.78 Å². The van der Waals surface area contributed by atoms with Gasteiger partial charge in [0.15, 0.2) is 0 Å². The number of carbonyl (C=O) groups is 1. The van der Waals surface area contributed by atoms with E-state index in [4.69, 9.17) is 0 Å². The summed E-state index contributed by atoms with van der Waals surface area (Å²) in [6, 6.07) is 0. The third-order valence-corrected chi connectivity index (χ3v) is 3.20. The molecule has 1 fully saturated rings. The van der Waals surface area contributed by atoms with Crippen molar-refractivity contribution in [3.63, 3.8) is 0 Å². The van der Waals surface area contributed by atoms with Crippen molar-refractivity contribution in [2.75, 3.05) is 19.6 Å². The van der Waals surface area contributed by atoms with Crippen LogP contribution in [0.5, 0.6) is 0 Å². The number of likely N-dealkylation sites (tertiary alicyclic amines) is 1. The minimum atomic E-state index is 0.336. The molecule has 0 spiro atoms. The lowest BCUT2D eigenvalue weighted by Gasteiger charge is -2.24. The van der Waals surface area contributed by atoms with Gasteiger partial charge in [-0.05, 0) is 52.2 Å². The molecule has 0 unspecified atom stereocenters. The minimum absolute atomic E-state index is 0.336. The molecule has 1 rings (SSSR count). The highest BCUT2D eigenvalue weighted by Crippen LogP contribution is 2.11. The van der Waals surface area contributed by atoms with E-state index in [0.29, 0.717) is 5.78 Å². The zero-order chi connectivity index (χ0) is 10.9. The van der Waals surface area contributed by atoms with Gasteiger partial charge in [-0.25, -0.2) is 0 Å². The number of rotatable bonds is 5. The topological polar surface area (TPSA) is 20.3 Å². The molecule has 0 atom stereocenters. The van der Waals surface area contributed by atoms with Crippen molar-refractivity contribution in [3.05, 3.63) is 0 Å². The van der Waals surface area contributed by atoms with Gasteiger partial charge in [-0.3, -0.25) is 0 Å². The molecular weight excluding hydrogens is 186 g/mol. The molecule has 0 radical (unpaired) electrons. The lowest BCUT2D eigenvalue weighted by atomic mass is 10.1. The van der Waals surface area contributed by atoms with Gasteiger partial charge in [0.2, 0.25) is 0 Å². The Morgan fingerprint density at radius 2 is 1.60 bits per heavy atom. The number of carbonyl (C=O) groups excluding carboxylic acids is 1. The fourth-order valence-electron chi connectivity index (χ4n) is 2.25. The lowest BCUT2D eigenvalue weighted by Crippen LogP contribution is -2.28. The molecule has 2 heteroatoms. The molecule has 0 aromatic rings. The van der Waals surface area contributed by atoms with Crippen LogP contribution in [0.1, 0.15) is 58.3 Å². The molecule has 15 heavy (non-hydrogen) atoms. The number of Topliss-reactive ketones (excluding diaryl/α,β-unsaturated/α-hetero) is 1. The molecule has 2 nitrogen and oxygen atoms in total. The van der Waals surface area contributed by atoms with E-state index in [-0.39, 0.29) is 0 Å². The van der Waals surface area contributed by atoms with Crippen LogP contribution in [0, 0.1) is 0 Å². The van der Waals surface area contributed by atoms with E-state index in [0.717, 1.165) is 12.8 Å². The second-order valence-corrected chi connectivity index (χ2v) is 4.77. The third kappa shape index (κ3) is 6.67. The molecule has 88 valence electrons. The largest absolute Gasteiger partial charge is 0.303 e. The number of nitrogens with zero attached hydrogens (tertiary/aromatic N) is 1. The first-order valence-corrected chi connectivity index (χ1v) is 6.51. The standard InChI is InChI=1S/C13H25NO/c1-13(15)9-5-8-12-14-10-6-3-2-4-7-11-14/h2-12H2,1H3. The van der Waals surface area contributed by atoms with E-state index in [9.17, 15) is 4.79 Å². The summed E-state index contributed by atoms with van der Waals surface area (Å²) in [5, 5.41) is 0.